The Morgan fingerprint density at radius 1 is 1.37 bits per heavy atom. The first-order valence-electron chi connectivity index (χ1n) is 6.28. The smallest absolute Gasteiger partial charge is 0.217 e. The van der Waals surface area contributed by atoms with Crippen molar-refractivity contribution in [3.05, 3.63) is 16.5 Å². The molecule has 106 valence electrons. The van der Waals surface area contributed by atoms with Gasteiger partial charge in [0.25, 0.3) is 0 Å². The molecule has 5 nitrogen and oxygen atoms in total. The predicted molar refractivity (Wildman–Crippen MR) is 77.4 cm³/mol. The average Bonchev–Trinajstić information content (AvgIpc) is 2.27. The number of nitrogens with zero attached hydrogens (tertiary/aromatic N) is 2. The highest BCUT2D eigenvalue weighted by Crippen LogP contribution is 2.25. The minimum absolute atomic E-state index is 0.166. The Bertz CT molecular complexity index is 468. The molecule has 19 heavy (non-hydrogen) atoms. The first-order valence-corrected chi connectivity index (χ1v) is 6.66. The summed E-state index contributed by atoms with van der Waals surface area (Å²) in [5, 5.41) is 3.63. The Labute approximate surface area is 119 Å². The molecule has 1 aromatic heterocycles. The van der Waals surface area contributed by atoms with Crippen LogP contribution in [-0.2, 0) is 10.2 Å². The highest BCUT2D eigenvalue weighted by Gasteiger charge is 2.20. The molecule has 0 saturated heterocycles. The van der Waals surface area contributed by atoms with E-state index < -0.39 is 0 Å². The van der Waals surface area contributed by atoms with E-state index in [0.717, 1.165) is 11.4 Å². The van der Waals surface area contributed by atoms with Crippen LogP contribution in [0.3, 0.4) is 0 Å². The number of aromatic nitrogens is 2. The van der Waals surface area contributed by atoms with Crippen LogP contribution in [-0.4, -0.2) is 22.4 Å². The van der Waals surface area contributed by atoms with E-state index in [1.807, 2.05) is 27.7 Å². The van der Waals surface area contributed by atoms with Gasteiger partial charge in [0.1, 0.15) is 16.8 Å². The number of rotatable bonds is 5. The van der Waals surface area contributed by atoms with Gasteiger partial charge in [0.15, 0.2) is 0 Å². The van der Waals surface area contributed by atoms with Gasteiger partial charge in [-0.3, -0.25) is 4.79 Å². The molecule has 0 bridgehead atoms. The summed E-state index contributed by atoms with van der Waals surface area (Å²) in [5.74, 6) is 1.12. The second-order valence-electron chi connectivity index (χ2n) is 5.56. The molecule has 0 spiro atoms. The van der Waals surface area contributed by atoms with Crippen molar-refractivity contribution in [1.82, 2.24) is 9.97 Å². The van der Waals surface area contributed by atoms with E-state index in [0.29, 0.717) is 30.4 Å². The summed E-state index contributed by atoms with van der Waals surface area (Å²) in [6.07, 6.45) is 1.03. The van der Waals surface area contributed by atoms with Crippen molar-refractivity contribution in [2.45, 2.75) is 46.0 Å². The second-order valence-corrected chi connectivity index (χ2v) is 5.92. The lowest BCUT2D eigenvalue weighted by Crippen LogP contribution is -2.19. The SMILES string of the molecule is Cc1c(Cl)nc(C(C)(C)C)nc1NCCCC(N)=O. The lowest BCUT2D eigenvalue weighted by atomic mass is 9.95. The van der Waals surface area contributed by atoms with Crippen LogP contribution in [0.2, 0.25) is 5.15 Å². The topological polar surface area (TPSA) is 80.9 Å². The van der Waals surface area contributed by atoms with Crippen LogP contribution >= 0.6 is 11.6 Å². The number of carbonyl (C=O) groups excluding carboxylic acids is 1. The predicted octanol–water partition coefficient (Wildman–Crippen LogP) is 2.41. The van der Waals surface area contributed by atoms with E-state index in [1.54, 1.807) is 0 Å². The van der Waals surface area contributed by atoms with E-state index in [1.165, 1.54) is 0 Å². The molecular formula is C13H21ClN4O. The second kappa shape index (κ2) is 6.19. The first-order chi connectivity index (χ1) is 8.71. The summed E-state index contributed by atoms with van der Waals surface area (Å²) in [5.41, 5.74) is 5.74. The van der Waals surface area contributed by atoms with Gasteiger partial charge in [-0.25, -0.2) is 9.97 Å². The molecular weight excluding hydrogens is 264 g/mol. The van der Waals surface area contributed by atoms with Gasteiger partial charge >= 0.3 is 0 Å². The third kappa shape index (κ3) is 4.67. The number of hydrogen-bond donors (Lipinski definition) is 2. The molecule has 0 aliphatic rings. The lowest BCUT2D eigenvalue weighted by molar-refractivity contribution is -0.118. The summed E-state index contributed by atoms with van der Waals surface area (Å²) in [4.78, 5) is 19.5. The Morgan fingerprint density at radius 2 is 2.00 bits per heavy atom. The number of halogens is 1. The number of anilines is 1. The van der Waals surface area contributed by atoms with Gasteiger partial charge in [-0.1, -0.05) is 32.4 Å². The molecule has 0 radical (unpaired) electrons. The minimum Gasteiger partial charge on any atom is -0.370 e. The number of amides is 1. The molecule has 3 N–H and O–H groups in total. The molecule has 0 atom stereocenters. The molecule has 1 heterocycles. The highest BCUT2D eigenvalue weighted by molar-refractivity contribution is 6.30. The maximum Gasteiger partial charge on any atom is 0.217 e. The third-order valence-electron chi connectivity index (χ3n) is 2.65. The van der Waals surface area contributed by atoms with E-state index in [4.69, 9.17) is 17.3 Å². The summed E-state index contributed by atoms with van der Waals surface area (Å²) in [6.45, 7) is 8.59. The van der Waals surface area contributed by atoms with Crippen molar-refractivity contribution in [2.75, 3.05) is 11.9 Å². The number of nitrogens with two attached hydrogens (primary N) is 1. The van der Waals surface area contributed by atoms with Crippen molar-refractivity contribution in [1.29, 1.82) is 0 Å². The normalized spacial score (nSPS) is 11.4. The standard InChI is InChI=1S/C13H21ClN4O/c1-8-10(14)17-12(13(2,3)4)18-11(8)16-7-5-6-9(15)19/h5-7H2,1-4H3,(H2,15,19)(H,16,17,18). The quantitative estimate of drug-likeness (QED) is 0.643. The number of hydrogen-bond acceptors (Lipinski definition) is 4. The molecule has 0 saturated carbocycles. The van der Waals surface area contributed by atoms with Gasteiger partial charge in [-0.15, -0.1) is 0 Å². The molecule has 0 aliphatic carbocycles. The van der Waals surface area contributed by atoms with E-state index >= 15 is 0 Å². The van der Waals surface area contributed by atoms with Crippen LogP contribution in [0.1, 0.15) is 45.0 Å². The molecule has 0 aromatic carbocycles. The van der Waals surface area contributed by atoms with E-state index in [2.05, 4.69) is 15.3 Å². The Kier molecular flexibility index (Phi) is 5.11. The fourth-order valence-electron chi connectivity index (χ4n) is 1.47. The van der Waals surface area contributed by atoms with Gasteiger partial charge in [0.05, 0.1) is 0 Å². The van der Waals surface area contributed by atoms with Gasteiger partial charge in [-0.05, 0) is 13.3 Å². The minimum atomic E-state index is -0.297. The Morgan fingerprint density at radius 3 is 2.53 bits per heavy atom. The van der Waals surface area contributed by atoms with Gasteiger partial charge in [0, 0.05) is 23.9 Å². The van der Waals surface area contributed by atoms with Crippen molar-refractivity contribution in [3.63, 3.8) is 0 Å². The zero-order valence-electron chi connectivity index (χ0n) is 11.9. The molecule has 1 rings (SSSR count). The molecule has 1 aromatic rings. The molecule has 0 unspecified atom stereocenters. The summed E-state index contributed by atoms with van der Waals surface area (Å²) >= 11 is 6.12. The lowest BCUT2D eigenvalue weighted by Gasteiger charge is -2.19. The van der Waals surface area contributed by atoms with Crippen LogP contribution < -0.4 is 11.1 Å². The van der Waals surface area contributed by atoms with Crippen molar-refractivity contribution in [3.8, 4) is 0 Å². The fourth-order valence-corrected chi connectivity index (χ4v) is 1.64. The summed E-state index contributed by atoms with van der Waals surface area (Å²) in [6, 6.07) is 0. The van der Waals surface area contributed by atoms with Crippen LogP contribution in [0.4, 0.5) is 5.82 Å². The summed E-state index contributed by atoms with van der Waals surface area (Å²) in [7, 11) is 0. The maximum atomic E-state index is 10.7. The van der Waals surface area contributed by atoms with E-state index in [-0.39, 0.29) is 11.3 Å². The first kappa shape index (κ1) is 15.7. The van der Waals surface area contributed by atoms with Crippen molar-refractivity contribution in [2.24, 2.45) is 5.73 Å². The zero-order chi connectivity index (χ0) is 14.6. The maximum absolute atomic E-state index is 10.7. The largest absolute Gasteiger partial charge is 0.370 e. The zero-order valence-corrected chi connectivity index (χ0v) is 12.6. The van der Waals surface area contributed by atoms with Gasteiger partial charge in [-0.2, -0.15) is 0 Å². The molecule has 1 amide bonds. The van der Waals surface area contributed by atoms with Crippen LogP contribution in [0.25, 0.3) is 0 Å². The fraction of sp³-hybridized carbons (Fsp3) is 0.615. The van der Waals surface area contributed by atoms with Gasteiger partial charge < -0.3 is 11.1 Å². The average molecular weight is 285 g/mol. The number of primary amides is 1. The van der Waals surface area contributed by atoms with Crippen LogP contribution in [0, 0.1) is 6.92 Å². The van der Waals surface area contributed by atoms with Crippen LogP contribution in [0.5, 0.6) is 0 Å². The van der Waals surface area contributed by atoms with E-state index in [9.17, 15) is 4.79 Å². The molecule has 0 fully saturated rings. The Balaban J connectivity index is 2.82. The summed E-state index contributed by atoms with van der Waals surface area (Å²) < 4.78 is 0. The molecule has 6 heteroatoms. The highest BCUT2D eigenvalue weighted by atomic mass is 35.5. The molecule has 0 aliphatic heterocycles. The number of nitrogens with one attached hydrogen (secondary N) is 1. The van der Waals surface area contributed by atoms with Crippen molar-refractivity contribution >= 4 is 23.3 Å². The van der Waals surface area contributed by atoms with Crippen molar-refractivity contribution < 1.29 is 4.79 Å². The Hall–Kier alpha value is -1.36. The van der Waals surface area contributed by atoms with Crippen LogP contribution in [0.15, 0.2) is 0 Å². The third-order valence-corrected chi connectivity index (χ3v) is 3.02. The van der Waals surface area contributed by atoms with Gasteiger partial charge in [0.2, 0.25) is 5.91 Å². The monoisotopic (exact) mass is 284 g/mol. The number of carbonyl (C=O) groups is 1.